The van der Waals surface area contributed by atoms with Crippen molar-refractivity contribution < 1.29 is 0 Å². The van der Waals surface area contributed by atoms with Gasteiger partial charge in [-0.05, 0) is 51.9 Å². The molecule has 0 aliphatic heterocycles. The highest BCUT2D eigenvalue weighted by atomic mass is 14.0. The summed E-state index contributed by atoms with van der Waals surface area (Å²) in [5.41, 5.74) is 3.08. The number of hydrogen-bond donors (Lipinski definition) is 0. The van der Waals surface area contributed by atoms with Crippen LogP contribution in [0.4, 0.5) is 0 Å². The molecule has 15 heavy (non-hydrogen) atoms. The molecule has 0 saturated heterocycles. The quantitative estimate of drug-likeness (QED) is 0.485. The molecule has 0 aromatic rings. The molecule has 1 rings (SSSR count). The maximum Gasteiger partial charge on any atom is -0.0227 e. The number of hydrogen-bond acceptors (Lipinski definition) is 0. The number of allylic oxidation sites excluding steroid dienone is 6. The summed E-state index contributed by atoms with van der Waals surface area (Å²) in [7, 11) is 0. The molecule has 0 N–H and O–H groups in total. The van der Waals surface area contributed by atoms with Crippen molar-refractivity contribution in [2.24, 2.45) is 5.92 Å². The zero-order chi connectivity index (χ0) is 11.1. The van der Waals surface area contributed by atoms with Crippen molar-refractivity contribution in [1.82, 2.24) is 0 Å². The van der Waals surface area contributed by atoms with Crippen molar-refractivity contribution in [2.75, 3.05) is 0 Å². The van der Waals surface area contributed by atoms with E-state index in [0.717, 1.165) is 0 Å². The fourth-order valence-corrected chi connectivity index (χ4v) is 1.86. The fraction of sp³-hybridized carbons (Fsp3) is 0.600. The highest BCUT2D eigenvalue weighted by molar-refractivity contribution is 5.06. The minimum absolute atomic E-state index is 0.698. The van der Waals surface area contributed by atoms with E-state index in [1.165, 1.54) is 32.1 Å². The summed E-state index contributed by atoms with van der Waals surface area (Å²) in [4.78, 5) is 0. The topological polar surface area (TPSA) is 0 Å². The molecule has 0 heterocycles. The standard InChI is InChI=1S/C15H24/c1-13-7-4-5-8-14(2)11-12-15(3)10-6-9-13/h5,8-9,12,14H,4,6-7,10-11H2,1-3H3/b8-5?,13-9+,15-12+. The Bertz CT molecular complexity index is 266. The molecule has 0 bridgehead atoms. The van der Waals surface area contributed by atoms with Crippen molar-refractivity contribution in [3.05, 3.63) is 35.5 Å². The van der Waals surface area contributed by atoms with Crippen LogP contribution in [-0.4, -0.2) is 0 Å². The van der Waals surface area contributed by atoms with Crippen molar-refractivity contribution in [2.45, 2.75) is 52.9 Å². The van der Waals surface area contributed by atoms with Gasteiger partial charge < -0.3 is 0 Å². The first kappa shape index (κ1) is 12.3. The van der Waals surface area contributed by atoms with E-state index in [1.54, 1.807) is 11.1 Å². The summed E-state index contributed by atoms with van der Waals surface area (Å²) < 4.78 is 0. The van der Waals surface area contributed by atoms with Crippen molar-refractivity contribution in [1.29, 1.82) is 0 Å². The lowest BCUT2D eigenvalue weighted by Gasteiger charge is -2.06. The van der Waals surface area contributed by atoms with Gasteiger partial charge in [-0.15, -0.1) is 0 Å². The predicted molar refractivity (Wildman–Crippen MR) is 68.9 cm³/mol. The summed E-state index contributed by atoms with van der Waals surface area (Å²) in [5, 5.41) is 0. The Morgan fingerprint density at radius 2 is 1.67 bits per heavy atom. The SMILES string of the molecule is C/C1=C\CC/C(C)=C/CC(C)C=CCC1. The second-order valence-electron chi connectivity index (χ2n) is 4.82. The third kappa shape index (κ3) is 5.61. The zero-order valence-electron chi connectivity index (χ0n) is 10.4. The smallest absolute Gasteiger partial charge is 0.0227 e. The Hall–Kier alpha value is -0.780. The van der Waals surface area contributed by atoms with E-state index < -0.39 is 0 Å². The van der Waals surface area contributed by atoms with Crippen LogP contribution in [-0.2, 0) is 0 Å². The van der Waals surface area contributed by atoms with Crippen molar-refractivity contribution in [3.8, 4) is 0 Å². The number of rotatable bonds is 0. The van der Waals surface area contributed by atoms with E-state index in [2.05, 4.69) is 45.1 Å². The van der Waals surface area contributed by atoms with Crippen LogP contribution in [0.1, 0.15) is 52.9 Å². The van der Waals surface area contributed by atoms with Gasteiger partial charge in [-0.1, -0.05) is 42.4 Å². The Labute approximate surface area is 94.8 Å². The minimum Gasteiger partial charge on any atom is -0.0879 e. The molecule has 84 valence electrons. The van der Waals surface area contributed by atoms with E-state index in [4.69, 9.17) is 0 Å². The molecule has 0 heteroatoms. The van der Waals surface area contributed by atoms with E-state index >= 15 is 0 Å². The fourth-order valence-electron chi connectivity index (χ4n) is 1.86. The van der Waals surface area contributed by atoms with Crippen LogP contribution in [0.5, 0.6) is 0 Å². The molecule has 0 radical (unpaired) electrons. The van der Waals surface area contributed by atoms with Gasteiger partial charge in [-0.25, -0.2) is 0 Å². The summed E-state index contributed by atoms with van der Waals surface area (Å²) in [6.45, 7) is 6.81. The first-order valence-corrected chi connectivity index (χ1v) is 6.16. The second-order valence-corrected chi connectivity index (χ2v) is 4.82. The monoisotopic (exact) mass is 204 g/mol. The second kappa shape index (κ2) is 6.66. The van der Waals surface area contributed by atoms with Crippen LogP contribution in [0.3, 0.4) is 0 Å². The Balaban J connectivity index is 2.62. The lowest BCUT2D eigenvalue weighted by atomic mass is 10.0. The summed E-state index contributed by atoms with van der Waals surface area (Å²) in [6.07, 6.45) is 15.6. The largest absolute Gasteiger partial charge is 0.0879 e. The van der Waals surface area contributed by atoms with Gasteiger partial charge in [0, 0.05) is 0 Å². The lowest BCUT2D eigenvalue weighted by molar-refractivity contribution is 0.729. The maximum atomic E-state index is 2.40. The molecule has 0 spiro atoms. The first-order chi connectivity index (χ1) is 7.18. The minimum atomic E-state index is 0.698. The molecular weight excluding hydrogens is 180 g/mol. The van der Waals surface area contributed by atoms with Gasteiger partial charge in [0.1, 0.15) is 0 Å². The molecule has 1 aliphatic rings. The summed E-state index contributed by atoms with van der Waals surface area (Å²) >= 11 is 0. The van der Waals surface area contributed by atoms with Crippen LogP contribution in [0.25, 0.3) is 0 Å². The third-order valence-electron chi connectivity index (χ3n) is 3.04. The molecular formula is C15H24. The molecule has 0 saturated carbocycles. The molecule has 1 aliphatic carbocycles. The highest BCUT2D eigenvalue weighted by Crippen LogP contribution is 2.15. The van der Waals surface area contributed by atoms with Gasteiger partial charge in [0.25, 0.3) is 0 Å². The highest BCUT2D eigenvalue weighted by Gasteiger charge is 1.97. The first-order valence-electron chi connectivity index (χ1n) is 6.16. The van der Waals surface area contributed by atoms with Gasteiger partial charge in [0.2, 0.25) is 0 Å². The molecule has 0 amide bonds. The van der Waals surface area contributed by atoms with Crippen LogP contribution < -0.4 is 0 Å². The van der Waals surface area contributed by atoms with Crippen LogP contribution in [0, 0.1) is 5.92 Å². The maximum absolute atomic E-state index is 2.40. The van der Waals surface area contributed by atoms with Crippen molar-refractivity contribution in [3.63, 3.8) is 0 Å². The Morgan fingerprint density at radius 1 is 1.00 bits per heavy atom. The Morgan fingerprint density at radius 3 is 2.47 bits per heavy atom. The molecule has 1 atom stereocenters. The molecule has 0 aromatic carbocycles. The van der Waals surface area contributed by atoms with E-state index in [-0.39, 0.29) is 0 Å². The van der Waals surface area contributed by atoms with E-state index in [0.29, 0.717) is 5.92 Å². The van der Waals surface area contributed by atoms with Gasteiger partial charge >= 0.3 is 0 Å². The van der Waals surface area contributed by atoms with Crippen molar-refractivity contribution >= 4 is 0 Å². The summed E-state index contributed by atoms with van der Waals surface area (Å²) in [5.74, 6) is 0.698. The average Bonchev–Trinajstić information content (AvgIpc) is 2.20. The summed E-state index contributed by atoms with van der Waals surface area (Å²) in [6, 6.07) is 0. The van der Waals surface area contributed by atoms with E-state index in [9.17, 15) is 0 Å². The van der Waals surface area contributed by atoms with Gasteiger partial charge in [-0.3, -0.25) is 0 Å². The average molecular weight is 204 g/mol. The molecule has 0 aromatic heterocycles. The van der Waals surface area contributed by atoms with E-state index in [1.807, 2.05) is 0 Å². The molecule has 1 unspecified atom stereocenters. The van der Waals surface area contributed by atoms with Crippen LogP contribution >= 0.6 is 0 Å². The third-order valence-corrected chi connectivity index (χ3v) is 3.04. The molecule has 0 fully saturated rings. The zero-order valence-corrected chi connectivity index (χ0v) is 10.4. The molecule has 0 nitrogen and oxygen atoms in total. The van der Waals surface area contributed by atoms with Gasteiger partial charge in [0.05, 0.1) is 0 Å². The normalized spacial score (nSPS) is 31.8. The van der Waals surface area contributed by atoms with Gasteiger partial charge in [-0.2, -0.15) is 0 Å². The predicted octanol–water partition coefficient (Wildman–Crippen LogP) is 5.04. The van der Waals surface area contributed by atoms with Gasteiger partial charge in [0.15, 0.2) is 0 Å². The van der Waals surface area contributed by atoms with Crippen LogP contribution in [0.15, 0.2) is 35.5 Å². The lowest BCUT2D eigenvalue weighted by Crippen LogP contribution is -1.89. The van der Waals surface area contributed by atoms with Crippen LogP contribution in [0.2, 0.25) is 0 Å². The Kier molecular flexibility index (Phi) is 5.45.